The number of nitrogens with one attached hydrogen (secondary N) is 1. The zero-order valence-electron chi connectivity index (χ0n) is 13.3. The van der Waals surface area contributed by atoms with Crippen molar-refractivity contribution in [2.45, 2.75) is 45.5 Å². The SMILES string of the molecule is CC(=O)c1cccc(C(O)C(O)CNC(=O)OC(C)(C)C)c1. The summed E-state index contributed by atoms with van der Waals surface area (Å²) in [4.78, 5) is 22.8. The summed E-state index contributed by atoms with van der Waals surface area (Å²) < 4.78 is 5.04. The Morgan fingerprint density at radius 2 is 1.91 bits per heavy atom. The molecule has 122 valence electrons. The van der Waals surface area contributed by atoms with Crippen LogP contribution < -0.4 is 5.32 Å². The minimum Gasteiger partial charge on any atom is -0.444 e. The first-order valence-corrected chi connectivity index (χ1v) is 7.04. The van der Waals surface area contributed by atoms with Gasteiger partial charge in [-0.05, 0) is 39.3 Å². The largest absolute Gasteiger partial charge is 0.444 e. The topological polar surface area (TPSA) is 95.9 Å². The van der Waals surface area contributed by atoms with Crippen molar-refractivity contribution in [1.29, 1.82) is 0 Å². The third kappa shape index (κ3) is 5.83. The van der Waals surface area contributed by atoms with Crippen molar-refractivity contribution >= 4 is 11.9 Å². The number of carbonyl (C=O) groups excluding carboxylic acids is 2. The molecule has 6 heteroatoms. The number of aliphatic hydroxyl groups excluding tert-OH is 2. The number of ether oxygens (including phenoxy) is 1. The van der Waals surface area contributed by atoms with E-state index in [-0.39, 0.29) is 12.3 Å². The van der Waals surface area contributed by atoms with E-state index in [0.717, 1.165) is 0 Å². The number of hydrogen-bond donors (Lipinski definition) is 3. The highest BCUT2D eigenvalue weighted by Crippen LogP contribution is 2.18. The van der Waals surface area contributed by atoms with Crippen LogP contribution in [0.5, 0.6) is 0 Å². The van der Waals surface area contributed by atoms with Crippen molar-refractivity contribution in [3.8, 4) is 0 Å². The van der Waals surface area contributed by atoms with Crippen LogP contribution in [0, 0.1) is 0 Å². The van der Waals surface area contributed by atoms with Gasteiger partial charge in [-0.25, -0.2) is 4.79 Å². The van der Waals surface area contributed by atoms with Gasteiger partial charge in [0, 0.05) is 12.1 Å². The molecule has 22 heavy (non-hydrogen) atoms. The number of carbonyl (C=O) groups is 2. The highest BCUT2D eigenvalue weighted by Gasteiger charge is 2.21. The normalized spacial score (nSPS) is 14.1. The maximum absolute atomic E-state index is 11.5. The molecule has 1 aromatic rings. The average molecular weight is 309 g/mol. The standard InChI is InChI=1S/C16H23NO5/c1-10(18)11-6-5-7-12(8-11)14(20)13(19)9-17-15(21)22-16(2,3)4/h5-8,13-14,19-20H,9H2,1-4H3,(H,17,21). The number of alkyl carbamates (subject to hydrolysis) is 1. The maximum Gasteiger partial charge on any atom is 0.407 e. The van der Waals surface area contributed by atoms with Gasteiger partial charge >= 0.3 is 6.09 Å². The monoisotopic (exact) mass is 309 g/mol. The van der Waals surface area contributed by atoms with Gasteiger partial charge in [0.15, 0.2) is 5.78 Å². The Morgan fingerprint density at radius 3 is 2.45 bits per heavy atom. The molecular weight excluding hydrogens is 286 g/mol. The summed E-state index contributed by atoms with van der Waals surface area (Å²) in [6, 6.07) is 6.38. The molecule has 0 spiro atoms. The van der Waals surface area contributed by atoms with Crippen molar-refractivity contribution in [1.82, 2.24) is 5.32 Å². The number of amides is 1. The van der Waals surface area contributed by atoms with Crippen LogP contribution in [0.2, 0.25) is 0 Å². The predicted molar refractivity (Wildman–Crippen MR) is 81.6 cm³/mol. The number of benzene rings is 1. The molecule has 0 saturated carbocycles. The van der Waals surface area contributed by atoms with Crippen LogP contribution in [0.4, 0.5) is 4.79 Å². The molecule has 0 bridgehead atoms. The molecule has 2 atom stereocenters. The average Bonchev–Trinajstić information content (AvgIpc) is 2.42. The van der Waals surface area contributed by atoms with Gasteiger partial charge in [0.05, 0.1) is 0 Å². The van der Waals surface area contributed by atoms with Gasteiger partial charge in [-0.2, -0.15) is 0 Å². The summed E-state index contributed by atoms with van der Waals surface area (Å²) in [6.07, 6.45) is -3.10. The maximum atomic E-state index is 11.5. The summed E-state index contributed by atoms with van der Waals surface area (Å²) in [5.41, 5.74) is 0.221. The van der Waals surface area contributed by atoms with Crippen LogP contribution in [-0.4, -0.2) is 40.3 Å². The lowest BCUT2D eigenvalue weighted by molar-refractivity contribution is 0.0129. The summed E-state index contributed by atoms with van der Waals surface area (Å²) in [5, 5.41) is 22.4. The van der Waals surface area contributed by atoms with Crippen LogP contribution in [0.1, 0.15) is 49.7 Å². The van der Waals surface area contributed by atoms with E-state index in [2.05, 4.69) is 5.32 Å². The van der Waals surface area contributed by atoms with Crippen LogP contribution in [0.25, 0.3) is 0 Å². The van der Waals surface area contributed by atoms with Crippen molar-refractivity contribution < 1.29 is 24.5 Å². The minimum absolute atomic E-state index is 0.129. The number of aliphatic hydroxyl groups is 2. The van der Waals surface area contributed by atoms with Crippen molar-refractivity contribution in [2.24, 2.45) is 0 Å². The van der Waals surface area contributed by atoms with Gasteiger partial charge < -0.3 is 20.3 Å². The van der Waals surface area contributed by atoms with Gasteiger partial charge in [0.25, 0.3) is 0 Å². The molecule has 0 aliphatic rings. The van der Waals surface area contributed by atoms with Gasteiger partial charge in [-0.15, -0.1) is 0 Å². The number of ketones is 1. The predicted octanol–water partition coefficient (Wildman–Crippen LogP) is 1.81. The summed E-state index contributed by atoms with van der Waals surface area (Å²) in [5.74, 6) is -0.129. The quantitative estimate of drug-likeness (QED) is 0.721. The third-order valence-electron chi connectivity index (χ3n) is 2.85. The number of rotatable bonds is 5. The second-order valence-electron chi connectivity index (χ2n) is 6.08. The molecule has 0 fully saturated rings. The first-order chi connectivity index (χ1) is 10.1. The Labute approximate surface area is 130 Å². The van der Waals surface area contributed by atoms with Crippen LogP contribution in [-0.2, 0) is 4.74 Å². The van der Waals surface area contributed by atoms with Gasteiger partial charge in [0.1, 0.15) is 17.8 Å². The highest BCUT2D eigenvalue weighted by molar-refractivity contribution is 5.94. The van der Waals surface area contributed by atoms with E-state index in [0.29, 0.717) is 11.1 Å². The Morgan fingerprint density at radius 1 is 1.27 bits per heavy atom. The zero-order valence-corrected chi connectivity index (χ0v) is 13.3. The van der Waals surface area contributed by atoms with E-state index < -0.39 is 23.9 Å². The smallest absolute Gasteiger partial charge is 0.407 e. The Hall–Kier alpha value is -1.92. The highest BCUT2D eigenvalue weighted by atomic mass is 16.6. The van der Waals surface area contributed by atoms with Gasteiger partial charge in [-0.3, -0.25) is 4.79 Å². The molecule has 0 aromatic heterocycles. The lowest BCUT2D eigenvalue weighted by atomic mass is 10.0. The van der Waals surface area contributed by atoms with Gasteiger partial charge in [-0.1, -0.05) is 18.2 Å². The third-order valence-corrected chi connectivity index (χ3v) is 2.85. The molecule has 1 aromatic carbocycles. The molecule has 0 aliphatic heterocycles. The molecular formula is C16H23NO5. The number of hydrogen-bond acceptors (Lipinski definition) is 5. The van der Waals surface area contributed by atoms with E-state index in [1.54, 1.807) is 39.0 Å². The molecule has 1 rings (SSSR count). The Kier molecular flexibility index (Phi) is 6.08. The summed E-state index contributed by atoms with van der Waals surface area (Å²) in [7, 11) is 0. The fourth-order valence-corrected chi connectivity index (χ4v) is 1.78. The lowest BCUT2D eigenvalue weighted by Gasteiger charge is -2.22. The molecule has 1 amide bonds. The molecule has 3 N–H and O–H groups in total. The van der Waals surface area contributed by atoms with Crippen LogP contribution >= 0.6 is 0 Å². The minimum atomic E-state index is -1.21. The van der Waals surface area contributed by atoms with E-state index in [9.17, 15) is 19.8 Å². The van der Waals surface area contributed by atoms with E-state index in [1.165, 1.54) is 13.0 Å². The fourth-order valence-electron chi connectivity index (χ4n) is 1.78. The van der Waals surface area contributed by atoms with Gasteiger partial charge in [0.2, 0.25) is 0 Å². The lowest BCUT2D eigenvalue weighted by Crippen LogP contribution is -2.38. The zero-order chi connectivity index (χ0) is 16.9. The van der Waals surface area contributed by atoms with E-state index >= 15 is 0 Å². The molecule has 0 radical (unpaired) electrons. The molecule has 0 heterocycles. The van der Waals surface area contributed by atoms with Crippen molar-refractivity contribution in [3.05, 3.63) is 35.4 Å². The Balaban J connectivity index is 2.62. The van der Waals surface area contributed by atoms with Crippen molar-refractivity contribution in [3.63, 3.8) is 0 Å². The first kappa shape index (κ1) is 18.1. The second kappa shape index (κ2) is 7.38. The Bertz CT molecular complexity index is 536. The fraction of sp³-hybridized carbons (Fsp3) is 0.500. The number of Topliss-reactive ketones (excluding diaryl/α,β-unsaturated/α-hetero) is 1. The van der Waals surface area contributed by atoms with E-state index in [1.807, 2.05) is 0 Å². The summed E-state index contributed by atoms with van der Waals surface area (Å²) >= 11 is 0. The van der Waals surface area contributed by atoms with Crippen LogP contribution in [0.3, 0.4) is 0 Å². The first-order valence-electron chi connectivity index (χ1n) is 7.04. The molecule has 0 aliphatic carbocycles. The summed E-state index contributed by atoms with van der Waals surface area (Å²) in [6.45, 7) is 6.44. The van der Waals surface area contributed by atoms with E-state index in [4.69, 9.17) is 4.74 Å². The molecule has 6 nitrogen and oxygen atoms in total. The molecule has 2 unspecified atom stereocenters. The second-order valence-corrected chi connectivity index (χ2v) is 6.08. The van der Waals surface area contributed by atoms with Crippen LogP contribution in [0.15, 0.2) is 24.3 Å². The molecule has 0 saturated heterocycles. The van der Waals surface area contributed by atoms with Crippen molar-refractivity contribution in [2.75, 3.05) is 6.54 Å².